The van der Waals surface area contributed by atoms with Crippen LogP contribution in [-0.4, -0.2) is 16.1 Å². The number of amides is 1. The highest BCUT2D eigenvalue weighted by Gasteiger charge is 2.23. The number of fused-ring (bicyclic) bond motifs is 3. The largest absolute Gasteiger partial charge is 0.488 e. The molecule has 0 unspecified atom stereocenters. The van der Waals surface area contributed by atoms with E-state index < -0.39 is 0 Å². The molecule has 1 aliphatic heterocycles. The summed E-state index contributed by atoms with van der Waals surface area (Å²) in [5.41, 5.74) is 3.30. The number of benzene rings is 2. The van der Waals surface area contributed by atoms with Gasteiger partial charge in [0.15, 0.2) is 4.34 Å². The summed E-state index contributed by atoms with van der Waals surface area (Å²) < 4.78 is 6.61. The number of carbonyl (C=O) groups excluding carboxylic acids is 1. The summed E-state index contributed by atoms with van der Waals surface area (Å²) in [5.74, 6) is 1.51. The van der Waals surface area contributed by atoms with Crippen molar-refractivity contribution >= 4 is 45.5 Å². The van der Waals surface area contributed by atoms with Crippen LogP contribution in [0.15, 0.2) is 65.0 Å². The molecule has 5 nitrogen and oxygen atoms in total. The van der Waals surface area contributed by atoms with E-state index in [0.29, 0.717) is 16.6 Å². The van der Waals surface area contributed by atoms with Gasteiger partial charge in [0.1, 0.15) is 12.4 Å². The Morgan fingerprint density at radius 1 is 1.07 bits per heavy atom. The van der Waals surface area contributed by atoms with Crippen LogP contribution in [0.3, 0.4) is 0 Å². The van der Waals surface area contributed by atoms with E-state index in [1.165, 1.54) is 28.2 Å². The highest BCUT2D eigenvalue weighted by atomic mass is 32.2. The number of carbonyl (C=O) groups is 1. The Labute approximate surface area is 179 Å². The molecular weight excluding hydrogens is 422 g/mol. The SMILES string of the molecule is O=C(Nc1nnc(SCc2ccccc2)s1)c1cc2c(s1)-c1ccccc1OC2. The van der Waals surface area contributed by atoms with Gasteiger partial charge in [0.05, 0.1) is 4.88 Å². The number of thioether (sulfide) groups is 1. The predicted octanol–water partition coefficient (Wildman–Crippen LogP) is 5.70. The fourth-order valence-corrected chi connectivity index (χ4v) is 5.80. The van der Waals surface area contributed by atoms with Crippen molar-refractivity contribution in [2.45, 2.75) is 16.7 Å². The first kappa shape index (κ1) is 18.4. The van der Waals surface area contributed by atoms with Crippen molar-refractivity contribution in [3.63, 3.8) is 0 Å². The van der Waals surface area contributed by atoms with Gasteiger partial charge < -0.3 is 4.74 Å². The third kappa shape index (κ3) is 3.91. The fraction of sp³-hybridized carbons (Fsp3) is 0.0952. The number of anilines is 1. The second-order valence-electron chi connectivity index (χ2n) is 6.35. The average molecular weight is 438 g/mol. The zero-order valence-corrected chi connectivity index (χ0v) is 17.6. The molecule has 2 aromatic heterocycles. The van der Waals surface area contributed by atoms with Crippen molar-refractivity contribution in [2.24, 2.45) is 0 Å². The van der Waals surface area contributed by atoms with E-state index in [1.54, 1.807) is 11.8 Å². The minimum absolute atomic E-state index is 0.169. The molecule has 29 heavy (non-hydrogen) atoms. The lowest BCUT2D eigenvalue weighted by Crippen LogP contribution is -2.09. The Morgan fingerprint density at radius 3 is 2.79 bits per heavy atom. The van der Waals surface area contributed by atoms with Crippen LogP contribution in [-0.2, 0) is 12.4 Å². The summed E-state index contributed by atoms with van der Waals surface area (Å²) in [6.07, 6.45) is 0. The van der Waals surface area contributed by atoms with Gasteiger partial charge in [-0.05, 0) is 23.8 Å². The Balaban J connectivity index is 1.27. The second-order valence-corrected chi connectivity index (χ2v) is 9.60. The summed E-state index contributed by atoms with van der Waals surface area (Å²) in [4.78, 5) is 14.5. The maximum Gasteiger partial charge on any atom is 0.267 e. The van der Waals surface area contributed by atoms with Gasteiger partial charge in [-0.3, -0.25) is 10.1 Å². The lowest BCUT2D eigenvalue weighted by Gasteiger charge is -2.16. The predicted molar refractivity (Wildman–Crippen MR) is 118 cm³/mol. The normalized spacial score (nSPS) is 12.0. The number of thiophene rings is 1. The molecule has 0 fully saturated rings. The molecule has 1 amide bonds. The van der Waals surface area contributed by atoms with E-state index in [4.69, 9.17) is 4.74 Å². The van der Waals surface area contributed by atoms with Crippen LogP contribution in [0.2, 0.25) is 0 Å². The smallest absolute Gasteiger partial charge is 0.267 e. The highest BCUT2D eigenvalue weighted by molar-refractivity contribution is 8.00. The summed E-state index contributed by atoms with van der Waals surface area (Å²) in [5, 5.41) is 11.7. The highest BCUT2D eigenvalue weighted by Crippen LogP contribution is 2.42. The summed E-state index contributed by atoms with van der Waals surface area (Å²) in [6.45, 7) is 0.481. The molecule has 0 saturated carbocycles. The molecule has 3 heterocycles. The van der Waals surface area contributed by atoms with E-state index in [-0.39, 0.29) is 5.91 Å². The third-order valence-corrected chi connectivity index (χ3v) is 7.63. The molecule has 0 saturated heterocycles. The number of rotatable bonds is 5. The molecule has 0 spiro atoms. The van der Waals surface area contributed by atoms with Crippen LogP contribution < -0.4 is 10.1 Å². The van der Waals surface area contributed by atoms with Gasteiger partial charge in [-0.15, -0.1) is 21.5 Å². The van der Waals surface area contributed by atoms with Gasteiger partial charge in [-0.2, -0.15) is 0 Å². The van der Waals surface area contributed by atoms with Crippen molar-refractivity contribution in [3.8, 4) is 16.2 Å². The van der Waals surface area contributed by atoms with Crippen molar-refractivity contribution < 1.29 is 9.53 Å². The fourth-order valence-electron chi connectivity index (χ4n) is 3.01. The lowest BCUT2D eigenvalue weighted by molar-refractivity contribution is 0.103. The van der Waals surface area contributed by atoms with E-state index in [2.05, 4.69) is 27.6 Å². The first-order chi connectivity index (χ1) is 14.3. The van der Waals surface area contributed by atoms with Crippen LogP contribution in [0, 0.1) is 0 Å². The quantitative estimate of drug-likeness (QED) is 0.320. The molecular formula is C21H15N3O2S3. The molecule has 1 aliphatic rings. The van der Waals surface area contributed by atoms with Crippen LogP contribution >= 0.6 is 34.4 Å². The summed E-state index contributed by atoms with van der Waals surface area (Å²) in [7, 11) is 0. The molecule has 0 aliphatic carbocycles. The van der Waals surface area contributed by atoms with Gasteiger partial charge in [-0.1, -0.05) is 65.6 Å². The monoisotopic (exact) mass is 437 g/mol. The maximum absolute atomic E-state index is 12.7. The van der Waals surface area contributed by atoms with Crippen LogP contribution in [0.5, 0.6) is 5.75 Å². The average Bonchev–Trinajstić information content (AvgIpc) is 3.40. The van der Waals surface area contributed by atoms with Gasteiger partial charge in [0.25, 0.3) is 5.91 Å². The molecule has 144 valence electrons. The maximum atomic E-state index is 12.7. The van der Waals surface area contributed by atoms with E-state index >= 15 is 0 Å². The minimum atomic E-state index is -0.169. The van der Waals surface area contributed by atoms with Crippen LogP contribution in [0.25, 0.3) is 10.4 Å². The Morgan fingerprint density at radius 2 is 1.90 bits per heavy atom. The Bertz CT molecular complexity index is 1170. The van der Waals surface area contributed by atoms with E-state index in [9.17, 15) is 4.79 Å². The molecule has 0 atom stereocenters. The van der Waals surface area contributed by atoms with Crippen molar-refractivity contribution in [2.75, 3.05) is 5.32 Å². The zero-order chi connectivity index (χ0) is 19.6. The molecule has 2 aromatic carbocycles. The lowest BCUT2D eigenvalue weighted by atomic mass is 10.1. The van der Waals surface area contributed by atoms with Crippen molar-refractivity contribution in [1.29, 1.82) is 0 Å². The molecule has 1 N–H and O–H groups in total. The number of ether oxygens (including phenoxy) is 1. The Hall–Kier alpha value is -2.68. The van der Waals surface area contributed by atoms with Gasteiger partial charge in [-0.25, -0.2) is 0 Å². The van der Waals surface area contributed by atoms with E-state index in [0.717, 1.165) is 31.8 Å². The second kappa shape index (κ2) is 7.98. The third-order valence-electron chi connectivity index (χ3n) is 4.38. The van der Waals surface area contributed by atoms with Gasteiger partial charge >= 0.3 is 0 Å². The number of aromatic nitrogens is 2. The number of nitrogens with one attached hydrogen (secondary N) is 1. The molecule has 5 rings (SSSR count). The first-order valence-electron chi connectivity index (χ1n) is 8.93. The van der Waals surface area contributed by atoms with Gasteiger partial charge in [0.2, 0.25) is 5.13 Å². The summed E-state index contributed by atoms with van der Waals surface area (Å²) >= 11 is 4.48. The number of para-hydroxylation sites is 1. The van der Waals surface area contributed by atoms with Crippen LogP contribution in [0.4, 0.5) is 5.13 Å². The topological polar surface area (TPSA) is 64.1 Å². The molecule has 4 aromatic rings. The van der Waals surface area contributed by atoms with Gasteiger partial charge in [0, 0.05) is 21.8 Å². The van der Waals surface area contributed by atoms with Crippen molar-refractivity contribution in [1.82, 2.24) is 10.2 Å². The van der Waals surface area contributed by atoms with E-state index in [1.807, 2.05) is 48.5 Å². The number of hydrogen-bond donors (Lipinski definition) is 1. The standard InChI is InChI=1S/C21H15N3O2S3/c25-19(17-10-14-11-26-16-9-5-4-8-15(16)18(14)28-17)22-20-23-24-21(29-20)27-12-13-6-2-1-3-7-13/h1-10H,11-12H2,(H,22,23,25). The Kier molecular flexibility index (Phi) is 5.05. The zero-order valence-electron chi connectivity index (χ0n) is 15.1. The minimum Gasteiger partial charge on any atom is -0.488 e. The van der Waals surface area contributed by atoms with Crippen molar-refractivity contribution in [3.05, 3.63) is 76.7 Å². The van der Waals surface area contributed by atoms with Crippen LogP contribution in [0.1, 0.15) is 20.8 Å². The number of hydrogen-bond acceptors (Lipinski definition) is 7. The molecule has 0 radical (unpaired) electrons. The molecule has 8 heteroatoms. The summed E-state index contributed by atoms with van der Waals surface area (Å²) in [6, 6.07) is 20.0. The first-order valence-corrected chi connectivity index (χ1v) is 11.5. The molecule has 0 bridgehead atoms. The number of nitrogens with zero attached hydrogens (tertiary/aromatic N) is 2.